The van der Waals surface area contributed by atoms with Gasteiger partial charge in [-0.3, -0.25) is 4.90 Å². The maximum Gasteiger partial charge on any atom is 0.408 e. The van der Waals surface area contributed by atoms with Crippen LogP contribution < -0.4 is 5.32 Å². The van der Waals surface area contributed by atoms with Gasteiger partial charge in [0.1, 0.15) is 0 Å². The first-order valence-electron chi connectivity index (χ1n) is 2.81. The minimum atomic E-state index is -0.325. The van der Waals surface area contributed by atoms with Gasteiger partial charge in [0.15, 0.2) is 6.23 Å². The lowest BCUT2D eigenvalue weighted by Gasteiger charge is -2.14. The van der Waals surface area contributed by atoms with Crippen LogP contribution in [-0.2, 0) is 4.74 Å². The molecular weight excluding hydrogens is 120 g/mol. The molecular formula is C5H10N2O2. The van der Waals surface area contributed by atoms with Crippen LogP contribution in [-0.4, -0.2) is 37.9 Å². The van der Waals surface area contributed by atoms with E-state index in [2.05, 4.69) is 5.32 Å². The van der Waals surface area contributed by atoms with Crippen molar-refractivity contribution in [2.45, 2.75) is 6.23 Å². The Bertz CT molecular complexity index is 124. The van der Waals surface area contributed by atoms with Gasteiger partial charge in [-0.2, -0.15) is 0 Å². The van der Waals surface area contributed by atoms with E-state index in [9.17, 15) is 4.79 Å². The van der Waals surface area contributed by atoms with Crippen molar-refractivity contribution in [1.29, 1.82) is 0 Å². The third-order valence-corrected chi connectivity index (χ3v) is 1.24. The fraction of sp³-hybridized carbons (Fsp3) is 0.800. The number of cyclic esters (lactones) is 1. The van der Waals surface area contributed by atoms with E-state index in [0.29, 0.717) is 6.54 Å². The van der Waals surface area contributed by atoms with E-state index < -0.39 is 0 Å². The van der Waals surface area contributed by atoms with Gasteiger partial charge in [-0.05, 0) is 14.1 Å². The van der Waals surface area contributed by atoms with Crippen LogP contribution in [0.4, 0.5) is 4.79 Å². The molecule has 1 aliphatic heterocycles. The Balaban J connectivity index is 2.39. The van der Waals surface area contributed by atoms with Crippen LogP contribution in [0.25, 0.3) is 0 Å². The van der Waals surface area contributed by atoms with E-state index in [0.717, 1.165) is 0 Å². The summed E-state index contributed by atoms with van der Waals surface area (Å²) in [4.78, 5) is 12.2. The van der Waals surface area contributed by atoms with Crippen LogP contribution in [0, 0.1) is 0 Å². The summed E-state index contributed by atoms with van der Waals surface area (Å²) in [5.74, 6) is 0. The van der Waals surface area contributed by atoms with Gasteiger partial charge in [0, 0.05) is 0 Å². The van der Waals surface area contributed by atoms with Crippen molar-refractivity contribution in [3.63, 3.8) is 0 Å². The van der Waals surface area contributed by atoms with E-state index >= 15 is 0 Å². The molecule has 1 aliphatic rings. The average molecular weight is 130 g/mol. The molecule has 0 spiro atoms. The second kappa shape index (κ2) is 2.23. The lowest BCUT2D eigenvalue weighted by atomic mass is 10.5. The molecule has 1 amide bonds. The number of hydrogen-bond donors (Lipinski definition) is 1. The summed E-state index contributed by atoms with van der Waals surface area (Å²) in [5.41, 5.74) is 0. The van der Waals surface area contributed by atoms with Crippen molar-refractivity contribution < 1.29 is 9.53 Å². The van der Waals surface area contributed by atoms with Gasteiger partial charge in [-0.1, -0.05) is 0 Å². The zero-order chi connectivity index (χ0) is 6.85. The van der Waals surface area contributed by atoms with Crippen LogP contribution in [0.15, 0.2) is 0 Å². The van der Waals surface area contributed by atoms with E-state index in [1.165, 1.54) is 0 Å². The lowest BCUT2D eigenvalue weighted by molar-refractivity contribution is 0.0552. The van der Waals surface area contributed by atoms with E-state index in [1.807, 2.05) is 19.0 Å². The third kappa shape index (κ3) is 1.32. The Morgan fingerprint density at radius 2 is 2.44 bits per heavy atom. The van der Waals surface area contributed by atoms with Crippen LogP contribution in [0.3, 0.4) is 0 Å². The molecule has 1 saturated heterocycles. The van der Waals surface area contributed by atoms with Crippen molar-refractivity contribution in [3.8, 4) is 0 Å². The number of carbonyl (C=O) groups excluding carboxylic acids is 1. The first kappa shape index (κ1) is 6.35. The molecule has 9 heavy (non-hydrogen) atoms. The minimum absolute atomic E-state index is 0.0856. The summed E-state index contributed by atoms with van der Waals surface area (Å²) < 4.78 is 4.80. The van der Waals surface area contributed by atoms with Gasteiger partial charge in [0.05, 0.1) is 6.54 Å². The Labute approximate surface area is 53.8 Å². The van der Waals surface area contributed by atoms with E-state index in [-0.39, 0.29) is 12.3 Å². The van der Waals surface area contributed by atoms with E-state index in [4.69, 9.17) is 4.74 Å². The van der Waals surface area contributed by atoms with Crippen molar-refractivity contribution in [3.05, 3.63) is 0 Å². The van der Waals surface area contributed by atoms with Gasteiger partial charge in [-0.15, -0.1) is 0 Å². The lowest BCUT2D eigenvalue weighted by Crippen LogP contribution is -2.30. The number of amides is 1. The molecule has 52 valence electrons. The molecule has 0 saturated carbocycles. The third-order valence-electron chi connectivity index (χ3n) is 1.24. The number of carbonyl (C=O) groups is 1. The number of nitrogens with one attached hydrogen (secondary N) is 1. The molecule has 0 aliphatic carbocycles. The number of nitrogens with zero attached hydrogens (tertiary/aromatic N) is 1. The normalized spacial score (nSPS) is 26.1. The predicted octanol–water partition coefficient (Wildman–Crippen LogP) is -0.386. The molecule has 1 N–H and O–H groups in total. The molecule has 1 fully saturated rings. The fourth-order valence-electron chi connectivity index (χ4n) is 0.666. The van der Waals surface area contributed by atoms with Gasteiger partial charge < -0.3 is 10.1 Å². The Hall–Kier alpha value is -0.770. The largest absolute Gasteiger partial charge is 0.428 e. The second-order valence-electron chi connectivity index (χ2n) is 2.20. The molecule has 1 atom stereocenters. The predicted molar refractivity (Wildman–Crippen MR) is 32.0 cm³/mol. The van der Waals surface area contributed by atoms with Crippen molar-refractivity contribution >= 4 is 6.09 Å². The maximum absolute atomic E-state index is 10.4. The average Bonchev–Trinajstić information content (AvgIpc) is 2.14. The number of hydrogen-bond acceptors (Lipinski definition) is 3. The Morgan fingerprint density at radius 1 is 1.78 bits per heavy atom. The number of likely N-dealkylation sites (N-methyl/N-ethyl adjacent to an activating group) is 1. The van der Waals surface area contributed by atoms with Crippen molar-refractivity contribution in [2.75, 3.05) is 20.6 Å². The summed E-state index contributed by atoms with van der Waals surface area (Å²) >= 11 is 0. The van der Waals surface area contributed by atoms with Crippen LogP contribution >= 0.6 is 0 Å². The number of ether oxygens (including phenoxy) is 1. The van der Waals surface area contributed by atoms with Crippen LogP contribution in [0.2, 0.25) is 0 Å². The molecule has 1 rings (SSSR count). The van der Waals surface area contributed by atoms with Crippen molar-refractivity contribution in [2.24, 2.45) is 0 Å². The van der Waals surface area contributed by atoms with Gasteiger partial charge >= 0.3 is 6.09 Å². The molecule has 0 bridgehead atoms. The molecule has 4 nitrogen and oxygen atoms in total. The summed E-state index contributed by atoms with van der Waals surface area (Å²) in [7, 11) is 3.73. The van der Waals surface area contributed by atoms with Gasteiger partial charge in [0.2, 0.25) is 0 Å². The highest BCUT2D eigenvalue weighted by molar-refractivity contribution is 5.69. The maximum atomic E-state index is 10.4. The molecule has 0 aromatic heterocycles. The number of rotatable bonds is 1. The fourth-order valence-corrected chi connectivity index (χ4v) is 0.666. The second-order valence-corrected chi connectivity index (χ2v) is 2.20. The summed E-state index contributed by atoms with van der Waals surface area (Å²) in [6.07, 6.45) is -0.411. The molecule has 0 radical (unpaired) electrons. The summed E-state index contributed by atoms with van der Waals surface area (Å²) in [6, 6.07) is 0. The summed E-state index contributed by atoms with van der Waals surface area (Å²) in [5, 5.41) is 2.55. The first-order valence-corrected chi connectivity index (χ1v) is 2.81. The molecule has 4 heteroatoms. The van der Waals surface area contributed by atoms with Crippen molar-refractivity contribution in [1.82, 2.24) is 10.2 Å². The molecule has 1 heterocycles. The number of alkyl carbamates (subject to hydrolysis) is 1. The van der Waals surface area contributed by atoms with E-state index in [1.54, 1.807) is 0 Å². The highest BCUT2D eigenvalue weighted by atomic mass is 16.6. The van der Waals surface area contributed by atoms with Gasteiger partial charge in [0.25, 0.3) is 0 Å². The zero-order valence-electron chi connectivity index (χ0n) is 5.55. The Morgan fingerprint density at radius 3 is 2.67 bits per heavy atom. The zero-order valence-corrected chi connectivity index (χ0v) is 5.55. The smallest absolute Gasteiger partial charge is 0.408 e. The SMILES string of the molecule is CN(C)C1CNC(=O)O1. The standard InChI is InChI=1S/C5H10N2O2/c1-7(2)4-3-6-5(8)9-4/h4H,3H2,1-2H3,(H,6,8). The molecule has 0 aromatic carbocycles. The van der Waals surface area contributed by atoms with Gasteiger partial charge in [-0.25, -0.2) is 4.79 Å². The Kier molecular flexibility index (Phi) is 1.57. The topological polar surface area (TPSA) is 41.6 Å². The van der Waals surface area contributed by atoms with Crippen LogP contribution in [0.1, 0.15) is 0 Å². The monoisotopic (exact) mass is 130 g/mol. The molecule has 0 aromatic rings. The minimum Gasteiger partial charge on any atom is -0.428 e. The summed E-state index contributed by atoms with van der Waals surface area (Å²) in [6.45, 7) is 0.589. The van der Waals surface area contributed by atoms with Crippen LogP contribution in [0.5, 0.6) is 0 Å². The molecule has 1 unspecified atom stereocenters. The highest BCUT2D eigenvalue weighted by Crippen LogP contribution is 2.00. The first-order chi connectivity index (χ1) is 4.20. The highest BCUT2D eigenvalue weighted by Gasteiger charge is 2.23. The quantitative estimate of drug-likeness (QED) is 0.525.